The normalized spacial score (nSPS) is 10.2. The Balaban J connectivity index is 1.71. The summed E-state index contributed by atoms with van der Waals surface area (Å²) in [4.78, 5) is 24.0. The van der Waals surface area contributed by atoms with E-state index in [4.69, 9.17) is 10.6 Å². The number of benzene rings is 2. The van der Waals surface area contributed by atoms with Gasteiger partial charge in [0.1, 0.15) is 11.5 Å². The highest BCUT2D eigenvalue weighted by atomic mass is 32.2. The van der Waals surface area contributed by atoms with E-state index in [1.807, 2.05) is 30.3 Å². The molecule has 0 saturated heterocycles. The Morgan fingerprint density at radius 2 is 1.75 bits per heavy atom. The van der Waals surface area contributed by atoms with E-state index in [1.54, 1.807) is 0 Å². The molecule has 3 N–H and O–H groups in total. The second kappa shape index (κ2) is 8.95. The van der Waals surface area contributed by atoms with Crippen molar-refractivity contribution in [3.63, 3.8) is 0 Å². The number of carbonyl (C=O) groups excluding carboxylic acids is 2. The number of hydrogen-bond donors (Lipinski definition) is 2. The molecular formula is C17H18N2O4S. The summed E-state index contributed by atoms with van der Waals surface area (Å²) in [6, 6.07) is 14.9. The van der Waals surface area contributed by atoms with Gasteiger partial charge in [0.25, 0.3) is 11.8 Å². The highest BCUT2D eigenvalue weighted by Gasteiger charge is 2.19. The van der Waals surface area contributed by atoms with Crippen LogP contribution in [-0.2, 0) is 4.79 Å². The third kappa shape index (κ3) is 5.29. The third-order valence-electron chi connectivity index (χ3n) is 3.07. The zero-order chi connectivity index (χ0) is 17.4. The fraction of sp³-hybridized carbons (Fsp3) is 0.176. The molecule has 0 aromatic heterocycles. The van der Waals surface area contributed by atoms with E-state index in [-0.39, 0.29) is 17.1 Å². The molecule has 0 aliphatic rings. The van der Waals surface area contributed by atoms with Crippen molar-refractivity contribution < 1.29 is 19.4 Å². The van der Waals surface area contributed by atoms with E-state index in [1.165, 1.54) is 36.0 Å². The van der Waals surface area contributed by atoms with Crippen LogP contribution in [-0.4, -0.2) is 40.0 Å². The molecule has 126 valence electrons. The van der Waals surface area contributed by atoms with E-state index in [0.29, 0.717) is 17.4 Å². The number of nitrogens with two attached hydrogens (primary N) is 1. The topological polar surface area (TPSA) is 92.9 Å². The molecule has 2 rings (SSSR count). The zero-order valence-corrected chi connectivity index (χ0v) is 13.7. The summed E-state index contributed by atoms with van der Waals surface area (Å²) in [6.07, 6.45) is 0. The van der Waals surface area contributed by atoms with E-state index < -0.39 is 11.8 Å². The molecule has 2 amide bonds. The number of para-hydroxylation sites is 1. The number of carbonyl (C=O) groups is 2. The minimum atomic E-state index is -0.610. The first-order valence-electron chi connectivity index (χ1n) is 7.24. The number of amides is 2. The van der Waals surface area contributed by atoms with E-state index in [9.17, 15) is 14.7 Å². The van der Waals surface area contributed by atoms with Crippen molar-refractivity contribution in [1.82, 2.24) is 5.01 Å². The van der Waals surface area contributed by atoms with Gasteiger partial charge in [-0.15, -0.1) is 11.8 Å². The fourth-order valence-electron chi connectivity index (χ4n) is 1.82. The van der Waals surface area contributed by atoms with Gasteiger partial charge in [-0.05, 0) is 36.4 Å². The van der Waals surface area contributed by atoms with Crippen LogP contribution in [0.5, 0.6) is 11.5 Å². The van der Waals surface area contributed by atoms with Gasteiger partial charge < -0.3 is 9.84 Å². The van der Waals surface area contributed by atoms with Crippen molar-refractivity contribution in [3.05, 3.63) is 60.2 Å². The zero-order valence-electron chi connectivity index (χ0n) is 12.9. The first kappa shape index (κ1) is 17.8. The Morgan fingerprint density at radius 1 is 1.08 bits per heavy atom. The first-order chi connectivity index (χ1) is 11.6. The van der Waals surface area contributed by atoms with E-state index in [0.717, 1.165) is 5.75 Å². The van der Waals surface area contributed by atoms with Crippen LogP contribution in [0.4, 0.5) is 0 Å². The quantitative estimate of drug-likeness (QED) is 0.345. The van der Waals surface area contributed by atoms with Gasteiger partial charge >= 0.3 is 0 Å². The van der Waals surface area contributed by atoms with Crippen LogP contribution in [0.3, 0.4) is 0 Å². The monoisotopic (exact) mass is 346 g/mol. The Morgan fingerprint density at radius 3 is 2.42 bits per heavy atom. The Labute approximate surface area is 144 Å². The van der Waals surface area contributed by atoms with Gasteiger partial charge in [-0.2, -0.15) is 0 Å². The molecule has 0 aliphatic carbocycles. The lowest BCUT2D eigenvalue weighted by molar-refractivity contribution is -0.126. The average molecular weight is 346 g/mol. The van der Waals surface area contributed by atoms with Crippen LogP contribution in [0.15, 0.2) is 54.6 Å². The molecule has 0 radical (unpaired) electrons. The molecular weight excluding hydrogens is 328 g/mol. The van der Waals surface area contributed by atoms with Crippen LogP contribution < -0.4 is 10.6 Å². The summed E-state index contributed by atoms with van der Waals surface area (Å²) < 4.78 is 5.51. The molecule has 0 fully saturated rings. The minimum absolute atomic E-state index is 0.0374. The predicted octanol–water partition coefficient (Wildman–Crippen LogP) is 2.05. The van der Waals surface area contributed by atoms with Gasteiger partial charge in [-0.3, -0.25) is 9.59 Å². The Kier molecular flexibility index (Phi) is 6.65. The maximum Gasteiger partial charge on any atom is 0.274 e. The molecule has 0 unspecified atom stereocenters. The molecule has 2 aromatic rings. The lowest BCUT2D eigenvalue weighted by Gasteiger charge is -2.14. The van der Waals surface area contributed by atoms with Crippen molar-refractivity contribution in [2.24, 2.45) is 5.84 Å². The molecule has 7 heteroatoms. The van der Waals surface area contributed by atoms with Crippen molar-refractivity contribution in [2.45, 2.75) is 0 Å². The van der Waals surface area contributed by atoms with Gasteiger partial charge in [0.2, 0.25) is 0 Å². The number of thioether (sulfide) groups is 1. The summed E-state index contributed by atoms with van der Waals surface area (Å²) in [6.45, 7) is 0.457. The third-order valence-corrected chi connectivity index (χ3v) is 3.97. The van der Waals surface area contributed by atoms with Crippen molar-refractivity contribution in [2.75, 3.05) is 18.1 Å². The maximum absolute atomic E-state index is 12.0. The number of phenols is 1. The predicted molar refractivity (Wildman–Crippen MR) is 92.7 cm³/mol. The van der Waals surface area contributed by atoms with Crippen LogP contribution >= 0.6 is 11.8 Å². The maximum atomic E-state index is 12.0. The lowest BCUT2D eigenvalue weighted by Crippen LogP contribution is -2.43. The number of rotatable bonds is 7. The van der Waals surface area contributed by atoms with Crippen LogP contribution in [0.1, 0.15) is 10.4 Å². The minimum Gasteiger partial charge on any atom is -0.508 e. The van der Waals surface area contributed by atoms with Gasteiger partial charge in [-0.25, -0.2) is 10.9 Å². The van der Waals surface area contributed by atoms with Crippen molar-refractivity contribution >= 4 is 23.6 Å². The van der Waals surface area contributed by atoms with E-state index >= 15 is 0 Å². The van der Waals surface area contributed by atoms with Crippen LogP contribution in [0.2, 0.25) is 0 Å². The number of phenolic OH excluding ortho intramolecular Hbond substituents is 1. The largest absolute Gasteiger partial charge is 0.508 e. The second-order valence-electron chi connectivity index (χ2n) is 4.83. The molecule has 0 aliphatic heterocycles. The van der Waals surface area contributed by atoms with Gasteiger partial charge in [0.05, 0.1) is 12.4 Å². The number of ether oxygens (including phenoxy) is 1. The average Bonchev–Trinajstić information content (AvgIpc) is 2.61. The molecule has 0 spiro atoms. The molecule has 0 bridgehead atoms. The fourth-order valence-corrected chi connectivity index (χ4v) is 2.48. The smallest absolute Gasteiger partial charge is 0.274 e. The van der Waals surface area contributed by atoms with Crippen molar-refractivity contribution in [3.8, 4) is 11.5 Å². The number of hydrogen-bond acceptors (Lipinski definition) is 6. The lowest BCUT2D eigenvalue weighted by atomic mass is 10.2. The Hall–Kier alpha value is -2.51. The first-order valence-corrected chi connectivity index (χ1v) is 8.40. The second-order valence-corrected chi connectivity index (χ2v) is 5.94. The molecule has 6 nitrogen and oxygen atoms in total. The molecule has 0 heterocycles. The van der Waals surface area contributed by atoms with Gasteiger partial charge in [0.15, 0.2) is 0 Å². The summed E-state index contributed by atoms with van der Waals surface area (Å²) in [5.74, 6) is 5.95. The van der Waals surface area contributed by atoms with Gasteiger partial charge in [-0.1, -0.05) is 18.2 Å². The molecule has 24 heavy (non-hydrogen) atoms. The Bertz CT molecular complexity index is 677. The number of aromatic hydroxyl groups is 1. The van der Waals surface area contributed by atoms with Gasteiger partial charge in [0, 0.05) is 11.3 Å². The van der Waals surface area contributed by atoms with E-state index in [2.05, 4.69) is 0 Å². The number of imide groups is 1. The standard InChI is InChI=1S/C17H18N2O4S/c18-19(17(22)13-6-8-14(20)9-7-13)16(21)12-24-11-10-23-15-4-2-1-3-5-15/h1-9,20H,10-12,18H2. The number of nitrogens with zero attached hydrogens (tertiary/aromatic N) is 1. The van der Waals surface area contributed by atoms with Crippen LogP contribution in [0.25, 0.3) is 0 Å². The summed E-state index contributed by atoms with van der Waals surface area (Å²) in [7, 11) is 0. The highest BCUT2D eigenvalue weighted by molar-refractivity contribution is 7.99. The van der Waals surface area contributed by atoms with Crippen molar-refractivity contribution in [1.29, 1.82) is 0 Å². The number of hydrazine groups is 1. The highest BCUT2D eigenvalue weighted by Crippen LogP contribution is 2.12. The molecule has 0 saturated carbocycles. The molecule has 2 aromatic carbocycles. The summed E-state index contributed by atoms with van der Waals surface area (Å²) in [5.41, 5.74) is 0.237. The van der Waals surface area contributed by atoms with Crippen LogP contribution in [0, 0.1) is 0 Å². The summed E-state index contributed by atoms with van der Waals surface area (Å²) >= 11 is 1.34. The molecule has 0 atom stereocenters. The SMILES string of the molecule is NN(C(=O)CSCCOc1ccccc1)C(=O)c1ccc(O)cc1. The summed E-state index contributed by atoms with van der Waals surface area (Å²) in [5, 5.41) is 9.79.